The van der Waals surface area contributed by atoms with E-state index in [0.29, 0.717) is 18.1 Å². The molecule has 1 aliphatic carbocycles. The molecule has 5 heteroatoms. The van der Waals surface area contributed by atoms with Crippen molar-refractivity contribution < 1.29 is 18.0 Å². The van der Waals surface area contributed by atoms with Gasteiger partial charge in [-0.3, -0.25) is 4.79 Å². The van der Waals surface area contributed by atoms with Crippen LogP contribution < -0.4 is 5.32 Å². The van der Waals surface area contributed by atoms with Crippen LogP contribution in [0.1, 0.15) is 23.7 Å². The molecule has 1 aliphatic rings. The summed E-state index contributed by atoms with van der Waals surface area (Å²) in [6, 6.07) is 1.45. The molecule has 2 atom stereocenters. The average molecular weight is 229 g/mol. The van der Waals surface area contributed by atoms with Crippen molar-refractivity contribution in [2.45, 2.75) is 19.4 Å². The number of nitrogens with one attached hydrogen (secondary N) is 1. The Morgan fingerprint density at radius 1 is 1.31 bits per heavy atom. The Labute approximate surface area is 90.5 Å². The summed E-state index contributed by atoms with van der Waals surface area (Å²) < 4.78 is 38.3. The largest absolute Gasteiger partial charge is 0.349 e. The van der Waals surface area contributed by atoms with Gasteiger partial charge in [-0.2, -0.15) is 0 Å². The number of rotatable bonds is 2. The molecule has 2 nitrogen and oxygen atoms in total. The molecule has 0 aromatic heterocycles. The summed E-state index contributed by atoms with van der Waals surface area (Å²) in [4.78, 5) is 11.5. The summed E-state index contributed by atoms with van der Waals surface area (Å²) in [6.07, 6.45) is 0.859. The lowest BCUT2D eigenvalue weighted by atomic mass is 10.2. The van der Waals surface area contributed by atoms with E-state index in [2.05, 4.69) is 5.32 Å². The highest BCUT2D eigenvalue weighted by Crippen LogP contribution is 2.29. The Kier molecular flexibility index (Phi) is 2.61. The summed E-state index contributed by atoms with van der Waals surface area (Å²) in [5, 5.41) is 2.60. The van der Waals surface area contributed by atoms with Crippen LogP contribution in [-0.2, 0) is 0 Å². The van der Waals surface area contributed by atoms with Gasteiger partial charge in [0.25, 0.3) is 5.91 Å². The van der Waals surface area contributed by atoms with E-state index in [1.165, 1.54) is 0 Å². The third-order valence-corrected chi connectivity index (χ3v) is 2.67. The van der Waals surface area contributed by atoms with Gasteiger partial charge >= 0.3 is 0 Å². The van der Waals surface area contributed by atoms with Crippen molar-refractivity contribution in [2.75, 3.05) is 0 Å². The summed E-state index contributed by atoms with van der Waals surface area (Å²) >= 11 is 0. The molecule has 1 saturated carbocycles. The number of hydrogen-bond acceptors (Lipinski definition) is 1. The zero-order chi connectivity index (χ0) is 11.9. The molecule has 1 aromatic carbocycles. The van der Waals surface area contributed by atoms with E-state index in [4.69, 9.17) is 0 Å². The third-order valence-electron chi connectivity index (χ3n) is 2.67. The molecular formula is C11H10F3NO. The van der Waals surface area contributed by atoms with Gasteiger partial charge < -0.3 is 5.32 Å². The van der Waals surface area contributed by atoms with E-state index >= 15 is 0 Å². The third kappa shape index (κ3) is 2.03. The first kappa shape index (κ1) is 11.0. The number of hydrogen-bond donors (Lipinski definition) is 1. The van der Waals surface area contributed by atoms with Gasteiger partial charge in [-0.15, -0.1) is 0 Å². The predicted molar refractivity (Wildman–Crippen MR) is 51.4 cm³/mol. The highest BCUT2D eigenvalue weighted by atomic mass is 19.2. The molecule has 1 amide bonds. The quantitative estimate of drug-likeness (QED) is 0.774. The van der Waals surface area contributed by atoms with Gasteiger partial charge in [-0.1, -0.05) is 6.92 Å². The summed E-state index contributed by atoms with van der Waals surface area (Å²) in [5.41, 5.74) is -0.199. The van der Waals surface area contributed by atoms with E-state index in [-0.39, 0.29) is 11.6 Å². The molecule has 0 radical (unpaired) electrons. The lowest BCUT2D eigenvalue weighted by molar-refractivity contribution is 0.0948. The van der Waals surface area contributed by atoms with Crippen molar-refractivity contribution >= 4 is 5.91 Å². The minimum atomic E-state index is -1.56. The molecule has 0 bridgehead atoms. The molecule has 0 aliphatic heterocycles. The number of carbonyl (C=O) groups is 1. The van der Waals surface area contributed by atoms with Crippen molar-refractivity contribution in [3.8, 4) is 0 Å². The first-order valence-electron chi connectivity index (χ1n) is 4.94. The Morgan fingerprint density at radius 2 is 1.81 bits per heavy atom. The maximum Gasteiger partial charge on any atom is 0.251 e. The van der Waals surface area contributed by atoms with E-state index < -0.39 is 23.4 Å². The molecule has 1 N–H and O–H groups in total. The monoisotopic (exact) mass is 229 g/mol. The standard InChI is InChI=1S/C11H10F3NO/c1-5-2-9(5)15-11(16)6-3-7(12)10(14)8(13)4-6/h3-5,9H,2H2,1H3,(H,15,16). The lowest BCUT2D eigenvalue weighted by Crippen LogP contribution is -2.26. The minimum Gasteiger partial charge on any atom is -0.349 e. The Bertz CT molecular complexity index is 424. The second-order valence-corrected chi connectivity index (χ2v) is 4.05. The topological polar surface area (TPSA) is 29.1 Å². The lowest BCUT2D eigenvalue weighted by Gasteiger charge is -2.04. The second kappa shape index (κ2) is 3.81. The van der Waals surface area contributed by atoms with Crippen LogP contribution >= 0.6 is 0 Å². The molecule has 0 saturated heterocycles. The van der Waals surface area contributed by atoms with Gasteiger partial charge in [0.05, 0.1) is 0 Å². The first-order valence-corrected chi connectivity index (χ1v) is 4.94. The second-order valence-electron chi connectivity index (χ2n) is 4.05. The van der Waals surface area contributed by atoms with Gasteiger partial charge in [0.1, 0.15) is 0 Å². The Balaban J connectivity index is 2.17. The fourth-order valence-electron chi connectivity index (χ4n) is 1.46. The van der Waals surface area contributed by atoms with Gasteiger partial charge in [0, 0.05) is 11.6 Å². The van der Waals surface area contributed by atoms with Crippen LogP contribution in [-0.4, -0.2) is 11.9 Å². The number of benzene rings is 1. The van der Waals surface area contributed by atoms with Crippen molar-refractivity contribution in [3.63, 3.8) is 0 Å². The van der Waals surface area contributed by atoms with Crippen LogP contribution in [0.4, 0.5) is 13.2 Å². The van der Waals surface area contributed by atoms with Gasteiger partial charge in [-0.25, -0.2) is 13.2 Å². The SMILES string of the molecule is CC1CC1NC(=O)c1cc(F)c(F)c(F)c1. The fourth-order valence-corrected chi connectivity index (χ4v) is 1.46. The zero-order valence-electron chi connectivity index (χ0n) is 8.56. The van der Waals surface area contributed by atoms with Crippen LogP contribution in [0.15, 0.2) is 12.1 Å². The van der Waals surface area contributed by atoms with Gasteiger partial charge in [-0.05, 0) is 24.5 Å². The van der Waals surface area contributed by atoms with E-state index in [1.54, 1.807) is 0 Å². The number of amides is 1. The average Bonchev–Trinajstić information content (AvgIpc) is 2.90. The molecule has 0 spiro atoms. The maximum atomic E-state index is 12.8. The summed E-state index contributed by atoms with van der Waals surface area (Å²) in [7, 11) is 0. The highest BCUT2D eigenvalue weighted by molar-refractivity contribution is 5.94. The number of halogens is 3. The van der Waals surface area contributed by atoms with Crippen LogP contribution in [0.25, 0.3) is 0 Å². The molecular weight excluding hydrogens is 219 g/mol. The maximum absolute atomic E-state index is 12.8. The molecule has 2 unspecified atom stereocenters. The molecule has 1 aromatic rings. The summed E-state index contributed by atoms with van der Waals surface area (Å²) in [5.74, 6) is -4.45. The molecule has 16 heavy (non-hydrogen) atoms. The Morgan fingerprint density at radius 3 is 2.25 bits per heavy atom. The molecule has 86 valence electrons. The summed E-state index contributed by atoms with van der Waals surface area (Å²) in [6.45, 7) is 1.96. The minimum absolute atomic E-state index is 0.0590. The smallest absolute Gasteiger partial charge is 0.251 e. The fraction of sp³-hybridized carbons (Fsp3) is 0.364. The van der Waals surface area contributed by atoms with Crippen molar-refractivity contribution in [3.05, 3.63) is 35.1 Å². The van der Waals surface area contributed by atoms with Crippen LogP contribution in [0, 0.1) is 23.4 Å². The zero-order valence-corrected chi connectivity index (χ0v) is 8.56. The van der Waals surface area contributed by atoms with E-state index in [1.807, 2.05) is 6.92 Å². The van der Waals surface area contributed by atoms with Gasteiger partial charge in [0.15, 0.2) is 17.5 Å². The van der Waals surface area contributed by atoms with Crippen molar-refractivity contribution in [1.82, 2.24) is 5.32 Å². The molecule has 1 fully saturated rings. The van der Waals surface area contributed by atoms with Crippen LogP contribution in [0.3, 0.4) is 0 Å². The van der Waals surface area contributed by atoms with E-state index in [0.717, 1.165) is 6.42 Å². The van der Waals surface area contributed by atoms with Crippen LogP contribution in [0.5, 0.6) is 0 Å². The number of carbonyl (C=O) groups excluding carboxylic acids is 1. The molecule has 2 rings (SSSR count). The van der Waals surface area contributed by atoms with E-state index in [9.17, 15) is 18.0 Å². The van der Waals surface area contributed by atoms with Crippen LogP contribution in [0.2, 0.25) is 0 Å². The van der Waals surface area contributed by atoms with Crippen molar-refractivity contribution in [2.24, 2.45) is 5.92 Å². The highest BCUT2D eigenvalue weighted by Gasteiger charge is 2.34. The molecule has 0 heterocycles. The van der Waals surface area contributed by atoms with Crippen molar-refractivity contribution in [1.29, 1.82) is 0 Å². The van der Waals surface area contributed by atoms with Gasteiger partial charge in [0.2, 0.25) is 0 Å². The normalized spacial score (nSPS) is 23.0. The first-order chi connectivity index (χ1) is 7.49. The predicted octanol–water partition coefficient (Wildman–Crippen LogP) is 2.24. The Hall–Kier alpha value is -1.52.